The molecule has 3 aliphatic carbocycles. The van der Waals surface area contributed by atoms with E-state index in [0.717, 1.165) is 56.0 Å². The lowest BCUT2D eigenvalue weighted by Gasteiger charge is -2.57. The molecule has 5 rings (SSSR count). The fourth-order valence-corrected chi connectivity index (χ4v) is 5.77. The van der Waals surface area contributed by atoms with Gasteiger partial charge in [-0.1, -0.05) is 11.6 Å². The smallest absolute Gasteiger partial charge is 0.255 e. The number of benzene rings is 1. The summed E-state index contributed by atoms with van der Waals surface area (Å²) in [7, 11) is 0. The molecule has 1 heterocycles. The van der Waals surface area contributed by atoms with E-state index in [1.165, 1.54) is 0 Å². The van der Waals surface area contributed by atoms with Gasteiger partial charge in [-0.3, -0.25) is 9.59 Å². The fourth-order valence-electron chi connectivity index (χ4n) is 5.77. The summed E-state index contributed by atoms with van der Waals surface area (Å²) in [5.41, 5.74) is 7.83. The minimum atomic E-state index is -0.953. The van der Waals surface area contributed by atoms with E-state index in [1.54, 1.807) is 32.1 Å². The van der Waals surface area contributed by atoms with Crippen LogP contribution in [0.5, 0.6) is 5.75 Å². The summed E-state index contributed by atoms with van der Waals surface area (Å²) in [6.45, 7) is 5.46. The average molecular weight is 535 g/mol. The van der Waals surface area contributed by atoms with Gasteiger partial charge in [0, 0.05) is 18.2 Å². The quantitative estimate of drug-likeness (QED) is 0.230. The van der Waals surface area contributed by atoms with E-state index in [1.807, 2.05) is 19.1 Å². The Hall–Kier alpha value is -3.59. The van der Waals surface area contributed by atoms with Crippen LogP contribution in [0.4, 0.5) is 0 Å². The summed E-state index contributed by atoms with van der Waals surface area (Å²) in [5.74, 6) is 0.761. The van der Waals surface area contributed by atoms with E-state index >= 15 is 0 Å². The third kappa shape index (κ3) is 6.03. The first kappa shape index (κ1) is 27.0. The first-order valence-corrected chi connectivity index (χ1v) is 13.6. The third-order valence-corrected chi connectivity index (χ3v) is 7.89. The Kier molecular flexibility index (Phi) is 7.05. The second kappa shape index (κ2) is 10.2. The highest BCUT2D eigenvalue weighted by Gasteiger charge is 2.54. The zero-order valence-corrected chi connectivity index (χ0v) is 22.8. The molecule has 9 nitrogen and oxygen atoms in total. The Morgan fingerprint density at radius 2 is 1.95 bits per heavy atom. The van der Waals surface area contributed by atoms with Crippen molar-refractivity contribution in [2.24, 2.45) is 17.1 Å². The molecule has 1 aromatic carbocycles. The molecule has 1 aliphatic heterocycles. The van der Waals surface area contributed by atoms with Gasteiger partial charge < -0.3 is 36.4 Å². The van der Waals surface area contributed by atoms with Crippen molar-refractivity contribution in [3.8, 4) is 5.75 Å². The van der Waals surface area contributed by atoms with Gasteiger partial charge in [-0.25, -0.2) is 0 Å². The number of primary amides is 1. The zero-order valence-electron chi connectivity index (χ0n) is 22.8. The lowest BCUT2D eigenvalue weighted by molar-refractivity contribution is -0.123. The maximum absolute atomic E-state index is 13.1. The summed E-state index contributed by atoms with van der Waals surface area (Å²) >= 11 is 0. The number of dihydropyridines is 1. The van der Waals surface area contributed by atoms with Gasteiger partial charge in [0.25, 0.3) is 11.8 Å². The molecule has 3 fully saturated rings. The molecule has 2 amide bonds. The molecule has 0 saturated heterocycles. The third-order valence-electron chi connectivity index (χ3n) is 7.89. The van der Waals surface area contributed by atoms with Crippen LogP contribution in [0.25, 0.3) is 0 Å². The molecule has 0 radical (unpaired) electrons. The first-order chi connectivity index (χ1) is 18.4. The molecule has 1 spiro atoms. The number of carbonyl (C=O) groups is 2. The SMILES string of the molecule is Cc1ccc(OC2CC3(CC(NC(=O)/C(C=N)=C4\C=CC(OCC(C)(C)O)=C(C5CC5)N4)C3)C2)c(C(N)=O)c1. The molecule has 1 aromatic rings. The topological polar surface area (TPSA) is 147 Å². The number of hydrogen-bond donors (Lipinski definition) is 5. The number of hydrogen-bond acceptors (Lipinski definition) is 7. The number of aryl methyl sites for hydroxylation is 1. The number of amides is 2. The fraction of sp³-hybridized carbons (Fsp3) is 0.500. The first-order valence-electron chi connectivity index (χ1n) is 13.6. The number of rotatable bonds is 10. The molecule has 39 heavy (non-hydrogen) atoms. The van der Waals surface area contributed by atoms with Gasteiger partial charge in [0.1, 0.15) is 18.1 Å². The largest absolute Gasteiger partial charge is 0.490 e. The van der Waals surface area contributed by atoms with Crippen LogP contribution < -0.4 is 21.1 Å². The van der Waals surface area contributed by atoms with Crippen molar-refractivity contribution < 1.29 is 24.2 Å². The van der Waals surface area contributed by atoms with Crippen molar-refractivity contribution in [3.63, 3.8) is 0 Å². The molecular weight excluding hydrogens is 496 g/mol. The van der Waals surface area contributed by atoms with Gasteiger partial charge in [0.15, 0.2) is 0 Å². The lowest BCUT2D eigenvalue weighted by Crippen LogP contribution is -2.59. The Balaban J connectivity index is 1.15. The standard InChI is InChI=1S/C30H38N4O5/c1-17-4-8-24(21(10-17)27(32)35)39-20-13-30(14-20)11-19(12-30)33-28(36)22(15-31)23-7-9-25(38-16-29(2,3)37)26(34-23)18-5-6-18/h4,7-10,15,18-20,31,34,37H,5-6,11-14,16H2,1-3H3,(H2,32,35)(H,33,36)/b23-22+,31-15?. The predicted octanol–water partition coefficient (Wildman–Crippen LogP) is 3.37. The molecular formula is C30H38N4O5. The van der Waals surface area contributed by atoms with Crippen molar-refractivity contribution in [2.75, 3.05) is 6.61 Å². The van der Waals surface area contributed by atoms with Crippen LogP contribution in [0.2, 0.25) is 0 Å². The monoisotopic (exact) mass is 534 g/mol. The van der Waals surface area contributed by atoms with Crippen molar-refractivity contribution in [3.05, 3.63) is 64.2 Å². The van der Waals surface area contributed by atoms with Crippen molar-refractivity contribution >= 4 is 18.0 Å². The van der Waals surface area contributed by atoms with E-state index in [4.69, 9.17) is 20.6 Å². The van der Waals surface area contributed by atoms with Gasteiger partial charge >= 0.3 is 0 Å². The van der Waals surface area contributed by atoms with Crippen LogP contribution in [0, 0.1) is 23.7 Å². The molecule has 0 unspecified atom stereocenters. The summed E-state index contributed by atoms with van der Waals surface area (Å²) in [6, 6.07) is 5.51. The van der Waals surface area contributed by atoms with E-state index in [9.17, 15) is 14.7 Å². The Morgan fingerprint density at radius 3 is 2.56 bits per heavy atom. The summed E-state index contributed by atoms with van der Waals surface area (Å²) in [6.07, 6.45) is 10.2. The molecule has 4 aliphatic rings. The number of carbonyl (C=O) groups excluding carboxylic acids is 2. The van der Waals surface area contributed by atoms with Crippen LogP contribution in [0.15, 0.2) is 53.1 Å². The number of allylic oxidation sites excluding steroid dienone is 3. The Morgan fingerprint density at radius 1 is 1.23 bits per heavy atom. The second-order valence-corrected chi connectivity index (χ2v) is 12.2. The molecule has 0 atom stereocenters. The van der Waals surface area contributed by atoms with E-state index in [2.05, 4.69) is 10.6 Å². The number of aliphatic hydroxyl groups is 1. The highest BCUT2D eigenvalue weighted by molar-refractivity contribution is 6.12. The zero-order chi connectivity index (χ0) is 27.9. The highest BCUT2D eigenvalue weighted by Crippen LogP contribution is 2.57. The van der Waals surface area contributed by atoms with Crippen LogP contribution in [-0.4, -0.2) is 47.5 Å². The Labute approximate surface area is 229 Å². The molecule has 3 saturated carbocycles. The van der Waals surface area contributed by atoms with Crippen molar-refractivity contribution in [2.45, 2.75) is 77.0 Å². The van der Waals surface area contributed by atoms with Crippen molar-refractivity contribution in [1.29, 1.82) is 5.41 Å². The summed E-state index contributed by atoms with van der Waals surface area (Å²) < 4.78 is 11.9. The summed E-state index contributed by atoms with van der Waals surface area (Å²) in [4.78, 5) is 24.9. The second-order valence-electron chi connectivity index (χ2n) is 12.2. The van der Waals surface area contributed by atoms with E-state index in [-0.39, 0.29) is 35.6 Å². The molecule has 0 bridgehead atoms. The van der Waals surface area contributed by atoms with E-state index in [0.29, 0.717) is 28.7 Å². The normalized spacial score (nSPS) is 27.2. The Bertz CT molecular complexity index is 1270. The summed E-state index contributed by atoms with van der Waals surface area (Å²) in [5, 5.41) is 24.4. The van der Waals surface area contributed by atoms with Crippen LogP contribution in [0.1, 0.15) is 68.3 Å². The number of ether oxygens (including phenoxy) is 2. The van der Waals surface area contributed by atoms with E-state index < -0.39 is 11.5 Å². The van der Waals surface area contributed by atoms with Gasteiger partial charge in [-0.15, -0.1) is 0 Å². The number of nitrogens with one attached hydrogen (secondary N) is 3. The van der Waals surface area contributed by atoms with Gasteiger partial charge in [0.05, 0.1) is 34.2 Å². The predicted molar refractivity (Wildman–Crippen MR) is 147 cm³/mol. The highest BCUT2D eigenvalue weighted by atomic mass is 16.5. The van der Waals surface area contributed by atoms with Crippen LogP contribution >= 0.6 is 0 Å². The molecule has 9 heteroatoms. The maximum atomic E-state index is 13.1. The molecule has 6 N–H and O–H groups in total. The van der Waals surface area contributed by atoms with Crippen LogP contribution in [0.3, 0.4) is 0 Å². The maximum Gasteiger partial charge on any atom is 0.255 e. The van der Waals surface area contributed by atoms with Gasteiger partial charge in [-0.05, 0) is 89.0 Å². The van der Waals surface area contributed by atoms with Gasteiger partial charge in [0.2, 0.25) is 0 Å². The van der Waals surface area contributed by atoms with Crippen LogP contribution in [-0.2, 0) is 9.53 Å². The minimum Gasteiger partial charge on any atom is -0.490 e. The number of nitrogens with two attached hydrogens (primary N) is 1. The van der Waals surface area contributed by atoms with Gasteiger partial charge in [-0.2, -0.15) is 0 Å². The molecule has 0 aromatic heterocycles. The minimum absolute atomic E-state index is 0.0266. The molecule has 208 valence electrons. The average Bonchev–Trinajstić information content (AvgIpc) is 3.66. The van der Waals surface area contributed by atoms with Crippen molar-refractivity contribution in [1.82, 2.24) is 10.6 Å². The lowest BCUT2D eigenvalue weighted by atomic mass is 9.53.